The van der Waals surface area contributed by atoms with Gasteiger partial charge in [0.2, 0.25) is 5.91 Å². The molecule has 0 bridgehead atoms. The minimum absolute atomic E-state index is 0.0691. The molecule has 0 unspecified atom stereocenters. The van der Waals surface area contributed by atoms with E-state index in [0.717, 1.165) is 0 Å². The maximum Gasteiger partial charge on any atom is 0.308 e. The van der Waals surface area contributed by atoms with Crippen LogP contribution in [0.4, 0.5) is 5.69 Å². The van der Waals surface area contributed by atoms with E-state index in [1.807, 2.05) is 0 Å². The second-order valence-electron chi connectivity index (χ2n) is 7.22. The number of nitrogens with one attached hydrogen (secondary N) is 2. The van der Waals surface area contributed by atoms with Crippen molar-refractivity contribution < 1.29 is 29.4 Å². The zero-order valence-electron chi connectivity index (χ0n) is 16.4. The highest BCUT2D eigenvalue weighted by atomic mass is 35.5. The number of hydrogen-bond acceptors (Lipinski definition) is 5. The lowest BCUT2D eigenvalue weighted by Crippen LogP contribution is -2.51. The van der Waals surface area contributed by atoms with Gasteiger partial charge in [0.05, 0.1) is 34.7 Å². The van der Waals surface area contributed by atoms with Gasteiger partial charge >= 0.3 is 5.97 Å². The smallest absolute Gasteiger partial charge is 0.308 e. The molecule has 0 fully saturated rings. The molecule has 8 nitrogen and oxygen atoms in total. The fourth-order valence-electron chi connectivity index (χ4n) is 2.81. The summed E-state index contributed by atoms with van der Waals surface area (Å²) >= 11 is 5.93. The van der Waals surface area contributed by atoms with Gasteiger partial charge in [-0.1, -0.05) is 25.4 Å². The number of hydrogen-bond donors (Lipinski definition) is 4. The first-order valence-corrected chi connectivity index (χ1v) is 9.00. The lowest BCUT2D eigenvalue weighted by atomic mass is 9.75. The standard InChI is InChI=1S/C19H25ClN2O6/c1-9(18(27)28)15(24)19(4,5)16(25)10(2)21-17(26)13-8-12(20)6-7-14(13)22-11(3)23/h6-10,15,24H,1-5H3,(H,21,26)(H,22,23)(H,27,28)/t9-,10-,15+/m0/s1. The fraction of sp³-hybridized carbons (Fsp3) is 0.474. The molecule has 1 rings (SSSR count). The number of Topliss-reactive ketones (excluding diaryl/α,β-unsaturated/α-hetero) is 1. The van der Waals surface area contributed by atoms with Crippen molar-refractivity contribution in [2.24, 2.45) is 11.3 Å². The van der Waals surface area contributed by atoms with Crippen LogP contribution >= 0.6 is 11.6 Å². The zero-order chi connectivity index (χ0) is 21.8. The molecule has 9 heteroatoms. The van der Waals surface area contributed by atoms with Crippen LogP contribution in [0.3, 0.4) is 0 Å². The zero-order valence-corrected chi connectivity index (χ0v) is 17.1. The van der Waals surface area contributed by atoms with Gasteiger partial charge in [0.1, 0.15) is 0 Å². The van der Waals surface area contributed by atoms with Crippen LogP contribution in [0.5, 0.6) is 0 Å². The van der Waals surface area contributed by atoms with E-state index >= 15 is 0 Å². The molecule has 0 aromatic heterocycles. The Bertz CT molecular complexity index is 793. The first-order chi connectivity index (χ1) is 12.8. The largest absolute Gasteiger partial charge is 0.481 e. The van der Waals surface area contributed by atoms with Crippen LogP contribution in [0.1, 0.15) is 45.0 Å². The van der Waals surface area contributed by atoms with E-state index in [0.29, 0.717) is 0 Å². The summed E-state index contributed by atoms with van der Waals surface area (Å²) in [7, 11) is 0. The normalized spacial score (nSPS) is 14.5. The minimum Gasteiger partial charge on any atom is -0.481 e. The summed E-state index contributed by atoms with van der Waals surface area (Å²) in [5.74, 6) is -3.97. The van der Waals surface area contributed by atoms with Crippen LogP contribution in [0.2, 0.25) is 5.02 Å². The van der Waals surface area contributed by atoms with Gasteiger partial charge in [0.25, 0.3) is 5.91 Å². The Balaban J connectivity index is 3.04. The Morgan fingerprint density at radius 2 is 1.71 bits per heavy atom. The van der Waals surface area contributed by atoms with Crippen molar-refractivity contribution in [1.29, 1.82) is 0 Å². The highest BCUT2D eigenvalue weighted by molar-refractivity contribution is 6.31. The number of benzene rings is 1. The van der Waals surface area contributed by atoms with Crippen molar-refractivity contribution >= 4 is 40.9 Å². The van der Waals surface area contributed by atoms with Crippen LogP contribution in [-0.4, -0.2) is 45.9 Å². The highest BCUT2D eigenvalue weighted by Gasteiger charge is 2.43. The van der Waals surface area contributed by atoms with Crippen LogP contribution in [0.15, 0.2) is 18.2 Å². The summed E-state index contributed by atoms with van der Waals surface area (Å²) < 4.78 is 0. The Hall–Kier alpha value is -2.45. The summed E-state index contributed by atoms with van der Waals surface area (Å²) in [4.78, 5) is 47.8. The van der Waals surface area contributed by atoms with Crippen LogP contribution in [0, 0.1) is 11.3 Å². The van der Waals surface area contributed by atoms with Crippen molar-refractivity contribution in [1.82, 2.24) is 5.32 Å². The highest BCUT2D eigenvalue weighted by Crippen LogP contribution is 2.29. The average Bonchev–Trinajstić information content (AvgIpc) is 2.60. The van der Waals surface area contributed by atoms with Crippen molar-refractivity contribution in [2.45, 2.75) is 46.8 Å². The average molecular weight is 413 g/mol. The SMILES string of the molecule is CC(=O)Nc1ccc(Cl)cc1C(=O)N[C@@H](C)C(=O)C(C)(C)[C@H](O)[C@H](C)C(=O)O. The van der Waals surface area contributed by atoms with Crippen molar-refractivity contribution in [3.8, 4) is 0 Å². The number of rotatable bonds is 8. The number of anilines is 1. The molecule has 0 saturated heterocycles. The predicted octanol–water partition coefficient (Wildman–Crippen LogP) is 2.09. The summed E-state index contributed by atoms with van der Waals surface area (Å²) in [6, 6.07) is 3.30. The molecule has 0 aliphatic carbocycles. The van der Waals surface area contributed by atoms with Gasteiger partial charge in [-0.3, -0.25) is 19.2 Å². The van der Waals surface area contributed by atoms with Gasteiger partial charge in [-0.25, -0.2) is 0 Å². The molecule has 1 aromatic carbocycles. The first-order valence-electron chi connectivity index (χ1n) is 8.62. The van der Waals surface area contributed by atoms with E-state index in [4.69, 9.17) is 16.7 Å². The number of ketones is 1. The fourth-order valence-corrected chi connectivity index (χ4v) is 2.98. The molecule has 154 valence electrons. The molecular weight excluding hydrogens is 388 g/mol. The number of carboxylic acids is 1. The quantitative estimate of drug-likeness (QED) is 0.516. The summed E-state index contributed by atoms with van der Waals surface area (Å²) in [5.41, 5.74) is -1.12. The van der Waals surface area contributed by atoms with Crippen LogP contribution < -0.4 is 10.6 Å². The Morgan fingerprint density at radius 3 is 2.21 bits per heavy atom. The van der Waals surface area contributed by atoms with E-state index in [1.54, 1.807) is 0 Å². The number of carbonyl (C=O) groups is 4. The number of amides is 2. The second kappa shape index (κ2) is 9.16. The molecule has 28 heavy (non-hydrogen) atoms. The molecule has 0 heterocycles. The second-order valence-corrected chi connectivity index (χ2v) is 7.66. The molecule has 1 aromatic rings. The minimum atomic E-state index is -1.45. The number of aliphatic hydroxyl groups is 1. The van der Waals surface area contributed by atoms with Crippen LogP contribution in [0.25, 0.3) is 0 Å². The van der Waals surface area contributed by atoms with E-state index in [2.05, 4.69) is 10.6 Å². The van der Waals surface area contributed by atoms with E-state index in [-0.39, 0.29) is 22.2 Å². The van der Waals surface area contributed by atoms with Gasteiger partial charge in [-0.2, -0.15) is 0 Å². The maximum atomic E-state index is 12.8. The predicted molar refractivity (Wildman–Crippen MR) is 104 cm³/mol. The van der Waals surface area contributed by atoms with Gasteiger partial charge < -0.3 is 20.8 Å². The van der Waals surface area contributed by atoms with Crippen molar-refractivity contribution in [2.75, 3.05) is 5.32 Å². The topological polar surface area (TPSA) is 133 Å². The molecule has 0 saturated carbocycles. The Labute approximate surface area is 168 Å². The summed E-state index contributed by atoms with van der Waals surface area (Å²) in [6.07, 6.45) is -1.45. The molecule has 2 amide bonds. The molecule has 0 aliphatic rings. The molecule has 0 aliphatic heterocycles. The number of aliphatic carboxylic acids is 1. The third-order valence-electron chi connectivity index (χ3n) is 4.52. The van der Waals surface area contributed by atoms with Crippen LogP contribution in [-0.2, 0) is 14.4 Å². The summed E-state index contributed by atoms with van der Waals surface area (Å²) in [6.45, 7) is 6.87. The van der Waals surface area contributed by atoms with E-state index in [1.165, 1.54) is 52.8 Å². The number of aliphatic hydroxyl groups excluding tert-OH is 1. The Kier molecular flexibility index (Phi) is 7.72. The Morgan fingerprint density at radius 1 is 1.14 bits per heavy atom. The third-order valence-corrected chi connectivity index (χ3v) is 4.75. The molecule has 0 spiro atoms. The first kappa shape index (κ1) is 23.6. The molecule has 4 N–H and O–H groups in total. The van der Waals surface area contributed by atoms with E-state index in [9.17, 15) is 24.3 Å². The lowest BCUT2D eigenvalue weighted by Gasteiger charge is -2.33. The molecule has 3 atom stereocenters. The van der Waals surface area contributed by atoms with Crippen molar-refractivity contribution in [3.63, 3.8) is 0 Å². The van der Waals surface area contributed by atoms with Gasteiger partial charge in [0, 0.05) is 11.9 Å². The lowest BCUT2D eigenvalue weighted by molar-refractivity contribution is -0.151. The number of carbonyl (C=O) groups excluding carboxylic acids is 3. The van der Waals surface area contributed by atoms with Crippen molar-refractivity contribution in [3.05, 3.63) is 28.8 Å². The molecular formula is C19H25ClN2O6. The number of carboxylic acid groups (broad SMARTS) is 1. The summed E-state index contributed by atoms with van der Waals surface area (Å²) in [5, 5.41) is 24.6. The number of halogens is 1. The van der Waals surface area contributed by atoms with E-state index < -0.39 is 41.1 Å². The molecule has 0 radical (unpaired) electrons. The third kappa shape index (κ3) is 5.53. The van der Waals surface area contributed by atoms with Gasteiger partial charge in [0.15, 0.2) is 5.78 Å². The maximum absolute atomic E-state index is 12.8. The van der Waals surface area contributed by atoms with Gasteiger partial charge in [-0.15, -0.1) is 0 Å². The van der Waals surface area contributed by atoms with Gasteiger partial charge in [-0.05, 0) is 32.0 Å². The monoisotopic (exact) mass is 412 g/mol.